The maximum atomic E-state index is 12.5. The monoisotopic (exact) mass is 347 g/mol. The summed E-state index contributed by atoms with van der Waals surface area (Å²) in [4.78, 5) is 15.7. The lowest BCUT2D eigenvalue weighted by Crippen LogP contribution is -2.30. The maximum absolute atomic E-state index is 12.5. The SMILES string of the molecule is CCN(Cc1ccc(OC)c(OC)c1)C(=O)CCCc1cccs1. The highest BCUT2D eigenvalue weighted by atomic mass is 32.1. The van der Waals surface area contributed by atoms with Crippen molar-refractivity contribution < 1.29 is 14.3 Å². The van der Waals surface area contributed by atoms with Gasteiger partial charge in [-0.05, 0) is 48.9 Å². The molecule has 1 aromatic heterocycles. The average molecular weight is 347 g/mol. The van der Waals surface area contributed by atoms with Crippen LogP contribution in [-0.4, -0.2) is 31.6 Å². The topological polar surface area (TPSA) is 38.8 Å². The van der Waals surface area contributed by atoms with Gasteiger partial charge in [-0.15, -0.1) is 11.3 Å². The smallest absolute Gasteiger partial charge is 0.222 e. The van der Waals surface area contributed by atoms with Gasteiger partial charge in [0.15, 0.2) is 11.5 Å². The largest absolute Gasteiger partial charge is 0.493 e. The third-order valence-corrected chi connectivity index (χ3v) is 4.89. The molecule has 0 aliphatic rings. The second kappa shape index (κ2) is 9.33. The molecule has 0 saturated heterocycles. The molecule has 1 amide bonds. The van der Waals surface area contributed by atoms with Gasteiger partial charge in [0.05, 0.1) is 14.2 Å². The van der Waals surface area contributed by atoms with Gasteiger partial charge in [0, 0.05) is 24.4 Å². The third kappa shape index (κ3) is 4.99. The van der Waals surface area contributed by atoms with Crippen LogP contribution in [0, 0.1) is 0 Å². The first kappa shape index (κ1) is 18.3. The van der Waals surface area contributed by atoms with Gasteiger partial charge in [-0.2, -0.15) is 0 Å². The highest BCUT2D eigenvalue weighted by Crippen LogP contribution is 2.28. The van der Waals surface area contributed by atoms with Gasteiger partial charge in [0.2, 0.25) is 5.91 Å². The molecule has 0 aliphatic carbocycles. The van der Waals surface area contributed by atoms with Crippen molar-refractivity contribution in [2.45, 2.75) is 32.7 Å². The molecule has 0 saturated carbocycles. The van der Waals surface area contributed by atoms with E-state index in [1.165, 1.54) is 4.88 Å². The van der Waals surface area contributed by atoms with E-state index < -0.39 is 0 Å². The first-order valence-electron chi connectivity index (χ1n) is 8.19. The number of aryl methyl sites for hydroxylation is 1. The molecule has 1 aromatic carbocycles. The number of methoxy groups -OCH3 is 2. The van der Waals surface area contributed by atoms with E-state index in [2.05, 4.69) is 17.5 Å². The molecule has 0 radical (unpaired) electrons. The number of amides is 1. The lowest BCUT2D eigenvalue weighted by atomic mass is 10.1. The Morgan fingerprint density at radius 3 is 2.58 bits per heavy atom. The van der Waals surface area contributed by atoms with Crippen LogP contribution in [0.2, 0.25) is 0 Å². The average Bonchev–Trinajstić information content (AvgIpc) is 3.12. The molecule has 24 heavy (non-hydrogen) atoms. The highest BCUT2D eigenvalue weighted by molar-refractivity contribution is 7.09. The van der Waals surface area contributed by atoms with Crippen molar-refractivity contribution in [3.63, 3.8) is 0 Å². The van der Waals surface area contributed by atoms with E-state index in [9.17, 15) is 4.79 Å². The number of hydrogen-bond donors (Lipinski definition) is 0. The van der Waals surface area contributed by atoms with E-state index in [4.69, 9.17) is 9.47 Å². The van der Waals surface area contributed by atoms with E-state index in [0.717, 1.165) is 18.4 Å². The molecule has 130 valence electrons. The van der Waals surface area contributed by atoms with Gasteiger partial charge in [0.25, 0.3) is 0 Å². The highest BCUT2D eigenvalue weighted by Gasteiger charge is 2.13. The van der Waals surface area contributed by atoms with Crippen molar-refractivity contribution >= 4 is 17.2 Å². The zero-order valence-corrected chi connectivity index (χ0v) is 15.4. The molecule has 0 aliphatic heterocycles. The summed E-state index contributed by atoms with van der Waals surface area (Å²) >= 11 is 1.75. The Morgan fingerprint density at radius 1 is 1.17 bits per heavy atom. The van der Waals surface area contributed by atoms with Gasteiger partial charge in [0.1, 0.15) is 0 Å². The van der Waals surface area contributed by atoms with Crippen molar-refractivity contribution in [2.24, 2.45) is 0 Å². The molecule has 0 spiro atoms. The molecule has 0 bridgehead atoms. The quantitative estimate of drug-likeness (QED) is 0.684. The summed E-state index contributed by atoms with van der Waals surface area (Å²) < 4.78 is 10.6. The van der Waals surface area contributed by atoms with Crippen LogP contribution >= 0.6 is 11.3 Å². The van der Waals surface area contributed by atoms with Gasteiger partial charge in [-0.3, -0.25) is 4.79 Å². The summed E-state index contributed by atoms with van der Waals surface area (Å²) in [5.41, 5.74) is 1.04. The summed E-state index contributed by atoms with van der Waals surface area (Å²) in [7, 11) is 3.24. The summed E-state index contributed by atoms with van der Waals surface area (Å²) in [6.07, 6.45) is 2.44. The summed E-state index contributed by atoms with van der Waals surface area (Å²) in [5.74, 6) is 1.59. The van der Waals surface area contributed by atoms with E-state index in [0.29, 0.717) is 31.0 Å². The van der Waals surface area contributed by atoms with Crippen LogP contribution in [-0.2, 0) is 17.8 Å². The molecule has 0 atom stereocenters. The lowest BCUT2D eigenvalue weighted by Gasteiger charge is -2.21. The Kier molecular flexibility index (Phi) is 7.12. The molecule has 0 fully saturated rings. The second-order valence-electron chi connectivity index (χ2n) is 5.53. The molecule has 2 rings (SSSR count). The Labute approximate surface area is 148 Å². The standard InChI is InChI=1S/C19H25NO3S/c1-4-20(19(21)9-5-7-16-8-6-12-24-16)14-15-10-11-17(22-2)18(13-15)23-3/h6,8,10-13H,4-5,7,9,14H2,1-3H3. The molecule has 0 N–H and O–H groups in total. The van der Waals surface area contributed by atoms with Crippen molar-refractivity contribution in [3.05, 3.63) is 46.2 Å². The number of carbonyl (C=O) groups excluding carboxylic acids is 1. The van der Waals surface area contributed by atoms with Gasteiger partial charge < -0.3 is 14.4 Å². The molecule has 4 nitrogen and oxygen atoms in total. The molecule has 5 heteroatoms. The van der Waals surface area contributed by atoms with E-state index in [1.807, 2.05) is 30.0 Å². The van der Waals surface area contributed by atoms with Gasteiger partial charge in [-0.25, -0.2) is 0 Å². The molecular weight excluding hydrogens is 322 g/mol. The fourth-order valence-corrected chi connectivity index (χ4v) is 3.35. The summed E-state index contributed by atoms with van der Waals surface area (Å²) in [6, 6.07) is 9.96. The van der Waals surface area contributed by atoms with E-state index in [-0.39, 0.29) is 5.91 Å². The number of nitrogens with zero attached hydrogens (tertiary/aromatic N) is 1. The lowest BCUT2D eigenvalue weighted by molar-refractivity contribution is -0.131. The van der Waals surface area contributed by atoms with Crippen LogP contribution in [0.25, 0.3) is 0 Å². The molecular formula is C19H25NO3S. The zero-order valence-electron chi connectivity index (χ0n) is 14.6. The number of benzene rings is 1. The first-order chi connectivity index (χ1) is 11.7. The van der Waals surface area contributed by atoms with E-state index >= 15 is 0 Å². The third-order valence-electron chi connectivity index (χ3n) is 3.95. The number of hydrogen-bond acceptors (Lipinski definition) is 4. The molecule has 0 unspecified atom stereocenters. The number of ether oxygens (including phenoxy) is 2. The fourth-order valence-electron chi connectivity index (χ4n) is 2.60. The normalized spacial score (nSPS) is 10.5. The van der Waals surface area contributed by atoms with Crippen LogP contribution in [0.5, 0.6) is 11.5 Å². The Bertz CT molecular complexity index is 640. The number of carbonyl (C=O) groups is 1. The van der Waals surface area contributed by atoms with Crippen molar-refractivity contribution in [2.75, 3.05) is 20.8 Å². The summed E-state index contributed by atoms with van der Waals surface area (Å²) in [6.45, 7) is 3.30. The minimum atomic E-state index is 0.198. The first-order valence-corrected chi connectivity index (χ1v) is 9.07. The molecule has 2 aromatic rings. The van der Waals surface area contributed by atoms with Gasteiger partial charge in [-0.1, -0.05) is 12.1 Å². The molecule has 1 heterocycles. The predicted molar refractivity (Wildman–Crippen MR) is 97.9 cm³/mol. The Hall–Kier alpha value is -2.01. The Balaban J connectivity index is 1.91. The van der Waals surface area contributed by atoms with Crippen LogP contribution in [0.3, 0.4) is 0 Å². The predicted octanol–water partition coefficient (Wildman–Crippen LogP) is 4.14. The van der Waals surface area contributed by atoms with E-state index in [1.54, 1.807) is 25.6 Å². The second-order valence-corrected chi connectivity index (χ2v) is 6.56. The van der Waals surface area contributed by atoms with Crippen LogP contribution in [0.4, 0.5) is 0 Å². The maximum Gasteiger partial charge on any atom is 0.222 e. The minimum Gasteiger partial charge on any atom is -0.493 e. The van der Waals surface area contributed by atoms with Crippen LogP contribution in [0.15, 0.2) is 35.7 Å². The van der Waals surface area contributed by atoms with Crippen LogP contribution in [0.1, 0.15) is 30.2 Å². The Morgan fingerprint density at radius 2 is 1.96 bits per heavy atom. The van der Waals surface area contributed by atoms with Crippen molar-refractivity contribution in [1.82, 2.24) is 4.90 Å². The van der Waals surface area contributed by atoms with Gasteiger partial charge >= 0.3 is 0 Å². The van der Waals surface area contributed by atoms with Crippen LogP contribution < -0.4 is 9.47 Å². The minimum absolute atomic E-state index is 0.198. The number of thiophene rings is 1. The fraction of sp³-hybridized carbons (Fsp3) is 0.421. The zero-order chi connectivity index (χ0) is 17.4. The van der Waals surface area contributed by atoms with Crippen molar-refractivity contribution in [3.8, 4) is 11.5 Å². The number of rotatable bonds is 9. The summed E-state index contributed by atoms with van der Waals surface area (Å²) in [5, 5.41) is 2.08. The van der Waals surface area contributed by atoms with Crippen molar-refractivity contribution in [1.29, 1.82) is 0 Å².